The van der Waals surface area contributed by atoms with E-state index >= 15 is 0 Å². The first-order valence-corrected chi connectivity index (χ1v) is 19.0. The lowest BCUT2D eigenvalue weighted by Gasteiger charge is -2.32. The second-order valence-corrected chi connectivity index (χ2v) is 13.4. The van der Waals surface area contributed by atoms with Crippen molar-refractivity contribution in [2.24, 2.45) is 5.41 Å². The summed E-state index contributed by atoms with van der Waals surface area (Å²) < 4.78 is 21.8. The number of rotatable bonds is 25. The summed E-state index contributed by atoms with van der Waals surface area (Å²) in [6.07, 6.45) is 25.1. The van der Waals surface area contributed by atoms with Gasteiger partial charge in [0.1, 0.15) is 29.2 Å². The highest BCUT2D eigenvalue weighted by atomic mass is 16.6. The number of aliphatic carboxylic acids is 1. The molecule has 0 radical (unpaired) electrons. The number of unbranched alkanes of at least 4 members (excludes halogenated alkanes) is 1. The van der Waals surface area contributed by atoms with Gasteiger partial charge in [0.25, 0.3) is 5.91 Å². The smallest absolute Gasteiger partial charge is 0.347 e. The first-order valence-electron chi connectivity index (χ1n) is 19.0. The van der Waals surface area contributed by atoms with Gasteiger partial charge in [-0.2, -0.15) is 0 Å². The summed E-state index contributed by atoms with van der Waals surface area (Å²) in [6.45, 7) is 5.87. The average Bonchev–Trinajstić information content (AvgIpc) is 3.17. The van der Waals surface area contributed by atoms with E-state index in [1.165, 1.54) is 43.3 Å². The lowest BCUT2D eigenvalue weighted by atomic mass is 9.86. The molecule has 1 atom stereocenters. The monoisotopic (exact) mass is 785 g/mol. The number of benzene rings is 2. The van der Waals surface area contributed by atoms with Crippen molar-refractivity contribution in [3.63, 3.8) is 0 Å². The van der Waals surface area contributed by atoms with Gasteiger partial charge in [-0.25, -0.2) is 9.59 Å². The normalized spacial score (nSPS) is 12.4. The molecule has 2 aromatic rings. The third-order valence-electron chi connectivity index (χ3n) is 8.00. The number of nitrogens with one attached hydrogen (secondary N) is 1. The van der Waals surface area contributed by atoms with Crippen LogP contribution in [0.1, 0.15) is 106 Å². The molecule has 12 heteroatoms. The van der Waals surface area contributed by atoms with Crippen LogP contribution in [0.3, 0.4) is 0 Å². The number of carbonyl (C=O) groups excluding carboxylic acids is 5. The number of hydrogen-bond acceptors (Lipinski definition) is 10. The van der Waals surface area contributed by atoms with Crippen LogP contribution in [-0.4, -0.2) is 60.1 Å². The number of ether oxygens (including phenoxy) is 4. The van der Waals surface area contributed by atoms with Crippen LogP contribution in [0, 0.1) is 5.41 Å². The summed E-state index contributed by atoms with van der Waals surface area (Å²) in [5.41, 5.74) is -1.56. The zero-order valence-electron chi connectivity index (χ0n) is 33.3. The van der Waals surface area contributed by atoms with E-state index in [4.69, 9.17) is 24.1 Å². The number of amides is 1. The first kappa shape index (κ1) is 47.1. The topological polar surface area (TPSA) is 172 Å². The molecule has 0 aliphatic carbocycles. The first-order chi connectivity index (χ1) is 27.4. The van der Waals surface area contributed by atoms with Gasteiger partial charge in [-0.1, -0.05) is 106 Å². The molecule has 0 heterocycles. The number of hydrogen-bond donors (Lipinski definition) is 2. The molecule has 306 valence electrons. The molecular formula is C45H55NO11. The van der Waals surface area contributed by atoms with E-state index in [1.807, 2.05) is 12.2 Å². The van der Waals surface area contributed by atoms with Crippen LogP contribution < -0.4 is 14.8 Å². The van der Waals surface area contributed by atoms with Crippen LogP contribution in [0.15, 0.2) is 109 Å². The lowest BCUT2D eigenvalue weighted by molar-refractivity contribution is -0.153. The molecule has 1 amide bonds. The predicted octanol–water partition coefficient (Wildman–Crippen LogP) is 8.44. The number of carboxylic acids is 1. The second kappa shape index (κ2) is 26.7. The van der Waals surface area contributed by atoms with E-state index in [0.29, 0.717) is 12.8 Å². The largest absolute Gasteiger partial charge is 0.481 e. The van der Waals surface area contributed by atoms with Crippen molar-refractivity contribution < 1.29 is 52.8 Å². The lowest BCUT2D eigenvalue weighted by Crippen LogP contribution is -2.49. The highest BCUT2D eigenvalue weighted by Gasteiger charge is 2.40. The minimum Gasteiger partial charge on any atom is -0.481 e. The Balaban J connectivity index is 1.97. The Morgan fingerprint density at radius 3 is 1.75 bits per heavy atom. The van der Waals surface area contributed by atoms with Crippen LogP contribution >= 0.6 is 0 Å². The summed E-state index contributed by atoms with van der Waals surface area (Å²) in [5, 5.41) is 11.5. The SMILES string of the molecule is CC/C=C\C/C=C\C/C=C\C/C=C\C/C=C\CCCC(=O)OCC(C)(C)[C@@H](OC(=O)c1ccccc1OC(=O)c1ccccc1OC(C)=O)C(=O)NCCC(=O)O. The Kier molecular flexibility index (Phi) is 22.1. The number of esters is 4. The Bertz CT molecular complexity index is 1780. The van der Waals surface area contributed by atoms with Crippen molar-refractivity contribution in [3.05, 3.63) is 120 Å². The number of carboxylic acid groups (broad SMARTS) is 1. The van der Waals surface area contributed by atoms with E-state index in [1.54, 1.807) is 26.0 Å². The molecule has 0 aromatic heterocycles. The van der Waals surface area contributed by atoms with Crippen molar-refractivity contribution in [1.82, 2.24) is 5.32 Å². The fourth-order valence-electron chi connectivity index (χ4n) is 5.03. The molecule has 0 aliphatic rings. The molecule has 57 heavy (non-hydrogen) atoms. The van der Waals surface area contributed by atoms with Gasteiger partial charge in [-0.15, -0.1) is 0 Å². The van der Waals surface area contributed by atoms with Gasteiger partial charge in [0, 0.05) is 25.3 Å². The van der Waals surface area contributed by atoms with E-state index < -0.39 is 47.3 Å². The van der Waals surface area contributed by atoms with Crippen molar-refractivity contribution in [2.45, 2.75) is 91.6 Å². The molecule has 0 fully saturated rings. The summed E-state index contributed by atoms with van der Waals surface area (Å²) in [5.74, 6) is -5.32. The molecule has 0 aliphatic heterocycles. The maximum atomic E-state index is 13.6. The molecule has 12 nitrogen and oxygen atoms in total. The van der Waals surface area contributed by atoms with Gasteiger partial charge < -0.3 is 29.4 Å². The summed E-state index contributed by atoms with van der Waals surface area (Å²) in [4.78, 5) is 75.3. The maximum Gasteiger partial charge on any atom is 0.347 e. The van der Waals surface area contributed by atoms with Crippen molar-refractivity contribution >= 4 is 35.8 Å². The van der Waals surface area contributed by atoms with Gasteiger partial charge >= 0.3 is 29.8 Å². The minimum atomic E-state index is -1.55. The highest BCUT2D eigenvalue weighted by molar-refractivity contribution is 5.99. The van der Waals surface area contributed by atoms with Crippen molar-refractivity contribution in [3.8, 4) is 11.5 Å². The van der Waals surface area contributed by atoms with E-state index in [2.05, 4.69) is 60.8 Å². The third-order valence-corrected chi connectivity index (χ3v) is 8.00. The summed E-state index contributed by atoms with van der Waals surface area (Å²) in [7, 11) is 0. The quantitative estimate of drug-likeness (QED) is 0.0428. The van der Waals surface area contributed by atoms with E-state index in [9.17, 15) is 28.8 Å². The van der Waals surface area contributed by atoms with Gasteiger partial charge in [0.05, 0.1) is 6.42 Å². The molecule has 0 saturated carbocycles. The van der Waals surface area contributed by atoms with Gasteiger partial charge in [-0.05, 0) is 69.2 Å². The molecular weight excluding hydrogens is 730 g/mol. The fraction of sp³-hybridized carbons (Fsp3) is 0.378. The molecule has 0 bridgehead atoms. The Hall–Kier alpha value is -6.04. The maximum absolute atomic E-state index is 13.6. The standard InChI is InChI=1S/C45H55NO11/c1-5-6-7-8-9-10-11-12-13-14-15-16-17-18-19-20-21-30-40(50)54-33-45(3,4)41(42(51)46-32-31-39(48)49)57-44(53)36-27-23-25-29-38(36)56-43(52)35-26-22-24-28-37(35)55-34(2)47/h6-7,9-10,12-13,15-16,18-19,22-29,41H,5,8,11,14,17,20-21,30-33H2,1-4H3,(H,46,51)(H,48,49)/b7-6-,10-9-,13-12-,16-15-,19-18-/t41-/m0/s1. The minimum absolute atomic E-state index is 0.0429. The zero-order chi connectivity index (χ0) is 41.9. The van der Waals surface area contributed by atoms with E-state index in [-0.39, 0.29) is 48.6 Å². The Morgan fingerprint density at radius 2 is 1.21 bits per heavy atom. The summed E-state index contributed by atoms with van der Waals surface area (Å²) in [6, 6.07) is 11.6. The molecule has 0 spiro atoms. The van der Waals surface area contributed by atoms with Crippen LogP contribution in [0.2, 0.25) is 0 Å². The van der Waals surface area contributed by atoms with Crippen molar-refractivity contribution in [1.29, 1.82) is 0 Å². The van der Waals surface area contributed by atoms with Crippen LogP contribution in [-0.2, 0) is 28.7 Å². The molecule has 0 unspecified atom stereocenters. The van der Waals surface area contributed by atoms with Gasteiger partial charge in [-0.3, -0.25) is 19.2 Å². The Labute approximate surface area is 335 Å². The average molecular weight is 786 g/mol. The van der Waals surface area contributed by atoms with Crippen LogP contribution in [0.4, 0.5) is 0 Å². The third kappa shape index (κ3) is 19.4. The van der Waals surface area contributed by atoms with Crippen molar-refractivity contribution in [2.75, 3.05) is 13.2 Å². The molecule has 0 saturated heterocycles. The van der Waals surface area contributed by atoms with Gasteiger partial charge in [0.2, 0.25) is 0 Å². The number of para-hydroxylation sites is 2. The molecule has 2 aromatic carbocycles. The predicted molar refractivity (Wildman–Crippen MR) is 217 cm³/mol. The zero-order valence-corrected chi connectivity index (χ0v) is 33.3. The second-order valence-electron chi connectivity index (χ2n) is 13.4. The number of carbonyl (C=O) groups is 6. The molecule has 2 N–H and O–H groups in total. The molecule has 2 rings (SSSR count). The van der Waals surface area contributed by atoms with E-state index in [0.717, 1.165) is 32.1 Å². The summed E-state index contributed by atoms with van der Waals surface area (Å²) >= 11 is 0. The van der Waals surface area contributed by atoms with Crippen LogP contribution in [0.5, 0.6) is 11.5 Å². The van der Waals surface area contributed by atoms with Gasteiger partial charge in [0.15, 0.2) is 6.10 Å². The van der Waals surface area contributed by atoms with Crippen LogP contribution in [0.25, 0.3) is 0 Å². The highest BCUT2D eigenvalue weighted by Crippen LogP contribution is 2.29. The number of allylic oxidation sites excluding steroid dienone is 10. The fourth-order valence-corrected chi connectivity index (χ4v) is 5.03. The Morgan fingerprint density at radius 1 is 0.702 bits per heavy atom.